The van der Waals surface area contributed by atoms with Crippen molar-refractivity contribution < 1.29 is 0 Å². The summed E-state index contributed by atoms with van der Waals surface area (Å²) in [4.78, 5) is 0. The van der Waals surface area contributed by atoms with Crippen LogP contribution >= 0.6 is 0 Å². The van der Waals surface area contributed by atoms with Crippen molar-refractivity contribution in [2.24, 2.45) is 0 Å². The van der Waals surface area contributed by atoms with Gasteiger partial charge in [0, 0.05) is 0 Å². The minimum absolute atomic E-state index is 1.01. The summed E-state index contributed by atoms with van der Waals surface area (Å²) < 4.78 is 0. The molecule has 0 nitrogen and oxygen atoms in total. The lowest BCUT2D eigenvalue weighted by molar-refractivity contribution is 1.38. The molecule has 2 aromatic carbocycles. The molecule has 0 atom stereocenters. The van der Waals surface area contributed by atoms with E-state index in [1.165, 1.54) is 5.56 Å². The minimum atomic E-state index is 1.01. The Balaban J connectivity index is 2.74. The SMILES string of the molecule is C=C/C=C/C(=C\C=C/C=C/C=C\C)C(/c1ccccc1)=c1/cc(C)ccc1=C. The summed E-state index contributed by atoms with van der Waals surface area (Å²) in [5.41, 5.74) is 4.65. The van der Waals surface area contributed by atoms with Gasteiger partial charge in [0.1, 0.15) is 0 Å². The normalized spacial score (nSPS) is 13.9. The van der Waals surface area contributed by atoms with Crippen LogP contribution in [-0.4, -0.2) is 0 Å². The zero-order valence-corrected chi connectivity index (χ0v) is 16.8. The van der Waals surface area contributed by atoms with Gasteiger partial charge in [-0.15, -0.1) is 0 Å². The Morgan fingerprint density at radius 3 is 2.29 bits per heavy atom. The van der Waals surface area contributed by atoms with E-state index in [-0.39, 0.29) is 0 Å². The van der Waals surface area contributed by atoms with Crippen LogP contribution in [0.25, 0.3) is 12.2 Å². The summed E-state index contributed by atoms with van der Waals surface area (Å²) in [6, 6.07) is 16.8. The predicted octanol–water partition coefficient (Wildman–Crippen LogP) is 5.96. The first-order chi connectivity index (χ1) is 13.7. The first kappa shape index (κ1) is 20.9. The van der Waals surface area contributed by atoms with E-state index in [9.17, 15) is 0 Å². The van der Waals surface area contributed by atoms with Crippen LogP contribution in [0.1, 0.15) is 18.1 Å². The van der Waals surface area contributed by atoms with Crippen molar-refractivity contribution in [2.75, 3.05) is 0 Å². The molecule has 0 bridgehead atoms. The number of benzene rings is 2. The Bertz CT molecular complexity index is 1040. The molecule has 0 saturated carbocycles. The quantitative estimate of drug-likeness (QED) is 0.532. The lowest BCUT2D eigenvalue weighted by Gasteiger charge is -2.11. The van der Waals surface area contributed by atoms with Crippen molar-refractivity contribution in [1.29, 1.82) is 0 Å². The van der Waals surface area contributed by atoms with Gasteiger partial charge in [-0.05, 0) is 41.0 Å². The van der Waals surface area contributed by atoms with Crippen molar-refractivity contribution in [3.8, 4) is 0 Å². The molecule has 0 aliphatic rings. The fourth-order valence-electron chi connectivity index (χ4n) is 2.86. The third kappa shape index (κ3) is 6.10. The van der Waals surface area contributed by atoms with Gasteiger partial charge in [-0.1, -0.05) is 128 Å². The molecule has 0 N–H and O–H groups in total. The highest BCUT2D eigenvalue weighted by molar-refractivity contribution is 5.82. The monoisotopic (exact) mass is 364 g/mol. The summed E-state index contributed by atoms with van der Waals surface area (Å²) in [6.07, 6.45) is 20.1. The van der Waals surface area contributed by atoms with Crippen LogP contribution in [0.2, 0.25) is 0 Å². The first-order valence-corrected chi connectivity index (χ1v) is 9.48. The van der Waals surface area contributed by atoms with Gasteiger partial charge in [0.25, 0.3) is 0 Å². The Morgan fingerprint density at radius 2 is 1.57 bits per heavy atom. The van der Waals surface area contributed by atoms with E-state index in [2.05, 4.69) is 80.8 Å². The van der Waals surface area contributed by atoms with Crippen LogP contribution in [0.5, 0.6) is 0 Å². The van der Waals surface area contributed by atoms with Crippen LogP contribution < -0.4 is 10.4 Å². The summed E-state index contributed by atoms with van der Waals surface area (Å²) in [6.45, 7) is 12.2. The molecule has 0 radical (unpaired) electrons. The molecular weight excluding hydrogens is 336 g/mol. The fraction of sp³-hybridized carbons (Fsp3) is 0.0714. The molecule has 0 fully saturated rings. The molecular formula is C28H28. The van der Waals surface area contributed by atoms with Crippen LogP contribution in [-0.2, 0) is 0 Å². The largest absolute Gasteiger partial charge is 0.0991 e. The molecule has 0 aliphatic heterocycles. The molecule has 0 heterocycles. The Kier molecular flexibility index (Phi) is 8.49. The lowest BCUT2D eigenvalue weighted by Crippen LogP contribution is -2.26. The van der Waals surface area contributed by atoms with Gasteiger partial charge in [-0.25, -0.2) is 0 Å². The van der Waals surface area contributed by atoms with Crippen LogP contribution in [0.3, 0.4) is 0 Å². The number of hydrogen-bond acceptors (Lipinski definition) is 0. The van der Waals surface area contributed by atoms with E-state index in [0.717, 1.165) is 27.1 Å². The van der Waals surface area contributed by atoms with Gasteiger partial charge < -0.3 is 0 Å². The maximum Gasteiger partial charge on any atom is -0.00330 e. The average Bonchev–Trinajstić information content (AvgIpc) is 2.71. The second-order valence-corrected chi connectivity index (χ2v) is 6.41. The highest BCUT2D eigenvalue weighted by Gasteiger charge is 2.07. The van der Waals surface area contributed by atoms with Gasteiger partial charge >= 0.3 is 0 Å². The number of allylic oxidation sites excluding steroid dienone is 11. The standard InChI is InChI=1S/C28H28/c1-5-7-9-10-11-13-17-25(16-8-6-2)28(26-18-14-12-15-19-26)27-22-23(3)20-21-24(27)4/h5-22H,2,4H2,1,3H3/b7-5-,10-9+,13-11-,16-8+,25-17+,28-27+. The lowest BCUT2D eigenvalue weighted by atomic mass is 9.93. The molecule has 2 rings (SSSR count). The third-order valence-corrected chi connectivity index (χ3v) is 4.21. The van der Waals surface area contributed by atoms with E-state index in [1.54, 1.807) is 6.08 Å². The second-order valence-electron chi connectivity index (χ2n) is 6.41. The maximum absolute atomic E-state index is 4.27. The van der Waals surface area contributed by atoms with Gasteiger partial charge in [-0.2, -0.15) is 0 Å². The van der Waals surface area contributed by atoms with E-state index >= 15 is 0 Å². The van der Waals surface area contributed by atoms with Crippen molar-refractivity contribution in [1.82, 2.24) is 0 Å². The molecule has 140 valence electrons. The van der Waals surface area contributed by atoms with Gasteiger partial charge in [-0.3, -0.25) is 0 Å². The Hall–Kier alpha value is -3.38. The smallest absolute Gasteiger partial charge is 0.00330 e. The molecule has 0 aromatic heterocycles. The first-order valence-electron chi connectivity index (χ1n) is 9.48. The number of rotatable bonds is 7. The third-order valence-electron chi connectivity index (χ3n) is 4.21. The fourth-order valence-corrected chi connectivity index (χ4v) is 2.86. The summed E-state index contributed by atoms with van der Waals surface area (Å²) in [7, 11) is 0. The van der Waals surface area contributed by atoms with E-state index in [0.29, 0.717) is 0 Å². The Labute approximate surface area is 169 Å². The van der Waals surface area contributed by atoms with E-state index < -0.39 is 0 Å². The summed E-state index contributed by atoms with van der Waals surface area (Å²) in [5, 5.41) is 2.16. The van der Waals surface area contributed by atoms with Crippen molar-refractivity contribution >= 4 is 12.2 Å². The summed E-state index contributed by atoms with van der Waals surface area (Å²) in [5.74, 6) is 0. The van der Waals surface area contributed by atoms with Gasteiger partial charge in [0.05, 0.1) is 0 Å². The second kappa shape index (κ2) is 11.4. The zero-order chi connectivity index (χ0) is 20.2. The van der Waals surface area contributed by atoms with Crippen molar-refractivity contribution in [3.05, 3.63) is 143 Å². The number of hydrogen-bond donors (Lipinski definition) is 0. The minimum Gasteiger partial charge on any atom is -0.0991 e. The summed E-state index contributed by atoms with van der Waals surface area (Å²) >= 11 is 0. The Morgan fingerprint density at radius 1 is 0.857 bits per heavy atom. The molecule has 0 saturated heterocycles. The average molecular weight is 365 g/mol. The molecule has 28 heavy (non-hydrogen) atoms. The molecule has 0 unspecified atom stereocenters. The molecule has 0 aliphatic carbocycles. The van der Waals surface area contributed by atoms with Gasteiger partial charge in [0.15, 0.2) is 0 Å². The molecule has 0 amide bonds. The van der Waals surface area contributed by atoms with Crippen LogP contribution in [0, 0.1) is 6.92 Å². The molecule has 0 heteroatoms. The van der Waals surface area contributed by atoms with Crippen LogP contribution in [0.15, 0.2) is 121 Å². The zero-order valence-electron chi connectivity index (χ0n) is 16.8. The van der Waals surface area contributed by atoms with E-state index in [1.807, 2.05) is 49.4 Å². The maximum atomic E-state index is 4.27. The number of aryl methyl sites for hydroxylation is 1. The van der Waals surface area contributed by atoms with E-state index in [4.69, 9.17) is 0 Å². The highest BCUT2D eigenvalue weighted by Crippen LogP contribution is 2.21. The molecule has 2 aromatic rings. The van der Waals surface area contributed by atoms with Crippen molar-refractivity contribution in [2.45, 2.75) is 13.8 Å². The van der Waals surface area contributed by atoms with Crippen LogP contribution in [0.4, 0.5) is 0 Å². The van der Waals surface area contributed by atoms with Gasteiger partial charge in [0.2, 0.25) is 0 Å². The van der Waals surface area contributed by atoms with Crippen molar-refractivity contribution in [3.63, 3.8) is 0 Å². The topological polar surface area (TPSA) is 0 Å². The predicted molar refractivity (Wildman–Crippen MR) is 125 cm³/mol. The highest BCUT2D eigenvalue weighted by atomic mass is 14.1. The molecule has 0 spiro atoms.